The Kier molecular flexibility index (Phi) is 6.85. The zero-order valence-electron chi connectivity index (χ0n) is 16.3. The maximum Gasteiger partial charge on any atom is 0.309 e. The lowest BCUT2D eigenvalue weighted by atomic mass is 9.80. The minimum Gasteiger partial charge on any atom is -0.462 e. The Balaban J connectivity index is 1.37. The molecule has 0 bridgehead atoms. The van der Waals surface area contributed by atoms with Gasteiger partial charge >= 0.3 is 5.97 Å². The highest BCUT2D eigenvalue weighted by Gasteiger charge is 2.29. The van der Waals surface area contributed by atoms with E-state index in [4.69, 9.17) is 4.74 Å². The van der Waals surface area contributed by atoms with Crippen LogP contribution in [0.3, 0.4) is 0 Å². The van der Waals surface area contributed by atoms with Crippen LogP contribution in [0.25, 0.3) is 0 Å². The van der Waals surface area contributed by atoms with Crippen molar-refractivity contribution in [1.29, 1.82) is 0 Å². The zero-order valence-corrected chi connectivity index (χ0v) is 16.3. The van der Waals surface area contributed by atoms with Crippen LogP contribution >= 0.6 is 0 Å². The summed E-state index contributed by atoms with van der Waals surface area (Å²) in [6, 6.07) is 0. The summed E-state index contributed by atoms with van der Waals surface area (Å²) < 4.78 is 5.80. The third-order valence-electron chi connectivity index (χ3n) is 6.81. The molecule has 0 aromatic rings. The van der Waals surface area contributed by atoms with Crippen LogP contribution in [0.1, 0.15) is 90.9 Å². The van der Waals surface area contributed by atoms with Gasteiger partial charge in [0.1, 0.15) is 6.10 Å². The van der Waals surface area contributed by atoms with Gasteiger partial charge in [-0.15, -0.1) is 0 Å². The highest BCUT2D eigenvalue weighted by atomic mass is 16.5. The molecule has 0 aromatic carbocycles. The second-order valence-corrected chi connectivity index (χ2v) is 9.11. The fourth-order valence-corrected chi connectivity index (χ4v) is 4.72. The molecule has 3 saturated carbocycles. The maximum absolute atomic E-state index is 12.4. The molecule has 0 N–H and O–H groups in total. The number of hydrogen-bond acceptors (Lipinski definition) is 2. The summed E-state index contributed by atoms with van der Waals surface area (Å²) in [5, 5.41) is 0. The Hall–Kier alpha value is -0.970. The molecule has 0 spiro atoms. The van der Waals surface area contributed by atoms with Gasteiger partial charge in [-0.3, -0.25) is 4.79 Å². The van der Waals surface area contributed by atoms with Crippen LogP contribution in [0.15, 0.2) is 0 Å². The first-order chi connectivity index (χ1) is 12.1. The second kappa shape index (κ2) is 9.11. The average Bonchev–Trinajstić information content (AvgIpc) is 2.63. The summed E-state index contributed by atoms with van der Waals surface area (Å²) in [7, 11) is 0. The van der Waals surface area contributed by atoms with Crippen molar-refractivity contribution in [1.82, 2.24) is 0 Å². The Morgan fingerprint density at radius 1 is 0.680 bits per heavy atom. The molecule has 3 aliphatic rings. The predicted molar refractivity (Wildman–Crippen MR) is 102 cm³/mol. The van der Waals surface area contributed by atoms with E-state index in [9.17, 15) is 4.79 Å². The number of carbonyl (C=O) groups is 1. The normalized spacial score (nSPS) is 39.1. The van der Waals surface area contributed by atoms with E-state index in [1.54, 1.807) is 0 Å². The van der Waals surface area contributed by atoms with Gasteiger partial charge in [-0.2, -0.15) is 0 Å². The summed E-state index contributed by atoms with van der Waals surface area (Å²) in [4.78, 5) is 12.4. The van der Waals surface area contributed by atoms with E-state index < -0.39 is 0 Å². The molecular formula is C23H36O2. The van der Waals surface area contributed by atoms with Gasteiger partial charge in [0, 0.05) is 11.8 Å². The molecule has 3 rings (SSSR count). The fourth-order valence-electron chi connectivity index (χ4n) is 4.72. The number of rotatable bonds is 2. The van der Waals surface area contributed by atoms with Gasteiger partial charge in [0.2, 0.25) is 0 Å². The molecule has 0 unspecified atom stereocenters. The van der Waals surface area contributed by atoms with Crippen LogP contribution in [0, 0.1) is 41.4 Å². The highest BCUT2D eigenvalue weighted by molar-refractivity contribution is 5.72. The van der Waals surface area contributed by atoms with Gasteiger partial charge in [0.25, 0.3) is 0 Å². The first kappa shape index (κ1) is 18.8. The van der Waals surface area contributed by atoms with Gasteiger partial charge in [-0.1, -0.05) is 25.7 Å². The molecule has 2 nitrogen and oxygen atoms in total. The van der Waals surface area contributed by atoms with E-state index in [0.717, 1.165) is 50.4 Å². The van der Waals surface area contributed by atoms with Gasteiger partial charge < -0.3 is 4.74 Å². The van der Waals surface area contributed by atoms with Crippen molar-refractivity contribution in [2.45, 2.75) is 97.0 Å². The van der Waals surface area contributed by atoms with Crippen molar-refractivity contribution >= 4 is 5.97 Å². The summed E-state index contributed by atoms with van der Waals surface area (Å²) in [5.41, 5.74) is 0. The quantitative estimate of drug-likeness (QED) is 0.471. The SMILES string of the molecule is CC1CCC(C#CC2CCC(C(=O)OC3CCC(C)CC3)CC2)CC1. The first-order valence-electron chi connectivity index (χ1n) is 10.8. The van der Waals surface area contributed by atoms with E-state index in [1.165, 1.54) is 38.5 Å². The van der Waals surface area contributed by atoms with E-state index in [1.807, 2.05) is 0 Å². The molecule has 3 fully saturated rings. The molecule has 0 aliphatic heterocycles. The Bertz CT molecular complexity index is 476. The van der Waals surface area contributed by atoms with Crippen molar-refractivity contribution in [2.75, 3.05) is 0 Å². The molecule has 25 heavy (non-hydrogen) atoms. The first-order valence-corrected chi connectivity index (χ1v) is 10.8. The van der Waals surface area contributed by atoms with Gasteiger partial charge in [0.05, 0.1) is 5.92 Å². The lowest BCUT2D eigenvalue weighted by molar-refractivity contribution is -0.157. The molecule has 0 radical (unpaired) electrons. The summed E-state index contributed by atoms with van der Waals surface area (Å²) in [6.45, 7) is 4.66. The Morgan fingerprint density at radius 3 is 1.64 bits per heavy atom. The van der Waals surface area contributed by atoms with Crippen molar-refractivity contribution in [3.8, 4) is 11.8 Å². The molecule has 0 amide bonds. The lowest BCUT2D eigenvalue weighted by Gasteiger charge is -2.29. The standard InChI is InChI=1S/C23H36O2/c1-17-3-7-19(8-4-17)9-10-20-11-13-21(14-12-20)23(24)25-22-15-5-18(2)6-16-22/h17-22H,3-8,11-16H2,1-2H3. The van der Waals surface area contributed by atoms with Crippen molar-refractivity contribution < 1.29 is 9.53 Å². The van der Waals surface area contributed by atoms with Crippen molar-refractivity contribution in [3.05, 3.63) is 0 Å². The maximum atomic E-state index is 12.4. The van der Waals surface area contributed by atoms with Crippen LogP contribution in [0.5, 0.6) is 0 Å². The number of ether oxygens (including phenoxy) is 1. The van der Waals surface area contributed by atoms with Crippen LogP contribution in [-0.2, 0) is 9.53 Å². The summed E-state index contributed by atoms with van der Waals surface area (Å²) >= 11 is 0. The highest BCUT2D eigenvalue weighted by Crippen LogP contribution is 2.32. The van der Waals surface area contributed by atoms with Crippen LogP contribution in [0.4, 0.5) is 0 Å². The fraction of sp³-hybridized carbons (Fsp3) is 0.870. The van der Waals surface area contributed by atoms with E-state index in [2.05, 4.69) is 25.7 Å². The van der Waals surface area contributed by atoms with Crippen molar-refractivity contribution in [2.24, 2.45) is 29.6 Å². The molecule has 2 heteroatoms. The van der Waals surface area contributed by atoms with Gasteiger partial charge in [-0.05, 0) is 88.9 Å². The molecule has 0 heterocycles. The van der Waals surface area contributed by atoms with E-state index in [0.29, 0.717) is 11.8 Å². The molecule has 0 atom stereocenters. The Morgan fingerprint density at radius 2 is 1.12 bits per heavy atom. The number of hydrogen-bond donors (Lipinski definition) is 0. The smallest absolute Gasteiger partial charge is 0.309 e. The number of carbonyl (C=O) groups excluding carboxylic acids is 1. The Labute approximate surface area is 154 Å². The average molecular weight is 345 g/mol. The minimum absolute atomic E-state index is 0.0761. The van der Waals surface area contributed by atoms with E-state index in [-0.39, 0.29) is 18.0 Å². The lowest BCUT2D eigenvalue weighted by Crippen LogP contribution is -2.29. The number of esters is 1. The molecule has 0 aromatic heterocycles. The largest absolute Gasteiger partial charge is 0.462 e. The third-order valence-corrected chi connectivity index (χ3v) is 6.81. The molecule has 140 valence electrons. The van der Waals surface area contributed by atoms with Crippen LogP contribution in [-0.4, -0.2) is 12.1 Å². The second-order valence-electron chi connectivity index (χ2n) is 9.11. The minimum atomic E-state index is 0.0761. The van der Waals surface area contributed by atoms with Crippen molar-refractivity contribution in [3.63, 3.8) is 0 Å². The third kappa shape index (κ3) is 5.77. The predicted octanol–water partition coefficient (Wildman–Crippen LogP) is 5.74. The molecule has 3 aliphatic carbocycles. The van der Waals surface area contributed by atoms with E-state index >= 15 is 0 Å². The molecule has 0 saturated heterocycles. The van der Waals surface area contributed by atoms with Crippen LogP contribution in [0.2, 0.25) is 0 Å². The monoisotopic (exact) mass is 344 g/mol. The van der Waals surface area contributed by atoms with Crippen LogP contribution < -0.4 is 0 Å². The summed E-state index contributed by atoms with van der Waals surface area (Å²) in [5.74, 6) is 10.2. The van der Waals surface area contributed by atoms with Gasteiger partial charge in [0.15, 0.2) is 0 Å². The molecular weight excluding hydrogens is 308 g/mol. The zero-order chi connectivity index (χ0) is 17.6. The topological polar surface area (TPSA) is 26.3 Å². The summed E-state index contributed by atoms with van der Waals surface area (Å²) in [6.07, 6.45) is 14.1. The van der Waals surface area contributed by atoms with Gasteiger partial charge in [-0.25, -0.2) is 0 Å².